The third kappa shape index (κ3) is 2.99. The lowest BCUT2D eigenvalue weighted by Crippen LogP contribution is -1.96. The molecule has 2 aromatic heterocycles. The monoisotopic (exact) mass is 509 g/mol. The Hall–Kier alpha value is -5.34. The van der Waals surface area contributed by atoms with Gasteiger partial charge in [0.05, 0.1) is 16.7 Å². The second-order valence-electron chi connectivity index (χ2n) is 10.6. The van der Waals surface area contributed by atoms with E-state index in [0.717, 1.165) is 21.9 Å². The normalized spacial score (nSPS) is 12.0. The second-order valence-corrected chi connectivity index (χ2v) is 10.6. The predicted octanol–water partition coefficient (Wildman–Crippen LogP) is 10.7. The maximum absolute atomic E-state index is 6.09. The Kier molecular flexibility index (Phi) is 4.36. The van der Waals surface area contributed by atoms with Gasteiger partial charge < -0.3 is 8.98 Å². The van der Waals surface area contributed by atoms with Crippen molar-refractivity contribution in [2.24, 2.45) is 0 Å². The van der Waals surface area contributed by atoms with Gasteiger partial charge >= 0.3 is 0 Å². The highest BCUT2D eigenvalue weighted by molar-refractivity contribution is 6.15. The number of nitrogens with zero attached hydrogens (tertiary/aromatic N) is 1. The molecular formula is C38H23NO. The van der Waals surface area contributed by atoms with E-state index in [1.54, 1.807) is 0 Å². The largest absolute Gasteiger partial charge is 0.456 e. The van der Waals surface area contributed by atoms with Crippen molar-refractivity contribution in [2.75, 3.05) is 0 Å². The Morgan fingerprint density at radius 3 is 1.85 bits per heavy atom. The average molecular weight is 510 g/mol. The van der Waals surface area contributed by atoms with Gasteiger partial charge in [0.15, 0.2) is 0 Å². The van der Waals surface area contributed by atoms with Crippen LogP contribution in [0, 0.1) is 0 Å². The first-order valence-electron chi connectivity index (χ1n) is 13.7. The summed E-state index contributed by atoms with van der Waals surface area (Å²) in [6.45, 7) is 0. The number of hydrogen-bond acceptors (Lipinski definition) is 1. The minimum absolute atomic E-state index is 0.922. The lowest BCUT2D eigenvalue weighted by atomic mass is 9.99. The van der Waals surface area contributed by atoms with Crippen molar-refractivity contribution < 1.29 is 4.42 Å². The van der Waals surface area contributed by atoms with Crippen LogP contribution in [0.15, 0.2) is 144 Å². The molecule has 2 nitrogen and oxygen atoms in total. The van der Waals surface area contributed by atoms with Crippen molar-refractivity contribution in [1.29, 1.82) is 0 Å². The number of rotatable bonds is 2. The summed E-state index contributed by atoms with van der Waals surface area (Å²) in [4.78, 5) is 0. The minimum atomic E-state index is 0.922. The molecular weight excluding hydrogens is 486 g/mol. The summed E-state index contributed by atoms with van der Waals surface area (Å²) in [5.74, 6) is 0. The maximum atomic E-state index is 6.09. The molecule has 0 fully saturated rings. The van der Waals surface area contributed by atoms with Crippen molar-refractivity contribution in [3.05, 3.63) is 140 Å². The van der Waals surface area contributed by atoms with Crippen LogP contribution in [-0.4, -0.2) is 4.57 Å². The number of benzene rings is 7. The molecule has 0 N–H and O–H groups in total. The fourth-order valence-electron chi connectivity index (χ4n) is 6.54. The summed E-state index contributed by atoms with van der Waals surface area (Å²) in [5.41, 5.74) is 7.87. The van der Waals surface area contributed by atoms with Crippen LogP contribution in [0.2, 0.25) is 0 Å². The van der Waals surface area contributed by atoms with E-state index in [4.69, 9.17) is 4.42 Å². The molecule has 0 aliphatic heterocycles. The molecule has 9 rings (SSSR count). The smallest absolute Gasteiger partial charge is 0.135 e. The van der Waals surface area contributed by atoms with E-state index in [1.807, 2.05) is 12.1 Å². The summed E-state index contributed by atoms with van der Waals surface area (Å²) in [7, 11) is 0. The van der Waals surface area contributed by atoms with E-state index >= 15 is 0 Å². The lowest BCUT2D eigenvalue weighted by Gasteiger charge is -2.14. The summed E-state index contributed by atoms with van der Waals surface area (Å²) >= 11 is 0. The third-order valence-electron chi connectivity index (χ3n) is 8.37. The zero-order valence-electron chi connectivity index (χ0n) is 21.6. The molecule has 2 heteroatoms. The Morgan fingerprint density at radius 1 is 0.375 bits per heavy atom. The van der Waals surface area contributed by atoms with Crippen molar-refractivity contribution >= 4 is 65.3 Å². The molecule has 0 saturated heterocycles. The molecule has 40 heavy (non-hydrogen) atoms. The Balaban J connectivity index is 1.33. The zero-order valence-corrected chi connectivity index (χ0v) is 21.6. The van der Waals surface area contributed by atoms with Crippen LogP contribution in [0.3, 0.4) is 0 Å². The van der Waals surface area contributed by atoms with Gasteiger partial charge in [0.2, 0.25) is 0 Å². The lowest BCUT2D eigenvalue weighted by molar-refractivity contribution is 0.669. The van der Waals surface area contributed by atoms with Gasteiger partial charge in [-0.2, -0.15) is 0 Å². The van der Waals surface area contributed by atoms with Crippen LogP contribution in [0.1, 0.15) is 0 Å². The van der Waals surface area contributed by atoms with E-state index < -0.39 is 0 Å². The molecule has 0 spiro atoms. The summed E-state index contributed by atoms with van der Waals surface area (Å²) < 4.78 is 8.53. The first-order chi connectivity index (χ1) is 19.8. The highest BCUT2D eigenvalue weighted by Crippen LogP contribution is 2.39. The molecule has 0 aliphatic carbocycles. The van der Waals surface area contributed by atoms with Crippen LogP contribution < -0.4 is 0 Å². The van der Waals surface area contributed by atoms with Crippen molar-refractivity contribution in [3.63, 3.8) is 0 Å². The average Bonchev–Trinajstić information content (AvgIpc) is 3.55. The number of furan rings is 1. The number of fused-ring (bicyclic) bond motifs is 9. The molecule has 0 unspecified atom stereocenters. The van der Waals surface area contributed by atoms with Gasteiger partial charge in [0.25, 0.3) is 0 Å². The van der Waals surface area contributed by atoms with E-state index in [1.165, 1.54) is 60.2 Å². The molecule has 186 valence electrons. The molecule has 0 aliphatic rings. The Labute approximate surface area is 230 Å². The highest BCUT2D eigenvalue weighted by Gasteiger charge is 2.17. The summed E-state index contributed by atoms with van der Waals surface area (Å²) in [5, 5.41) is 9.88. The van der Waals surface area contributed by atoms with E-state index in [-0.39, 0.29) is 0 Å². The molecule has 0 radical (unpaired) electrons. The van der Waals surface area contributed by atoms with Gasteiger partial charge in [-0.1, -0.05) is 97.1 Å². The first kappa shape index (κ1) is 21.6. The van der Waals surface area contributed by atoms with Gasteiger partial charge in [-0.3, -0.25) is 0 Å². The molecule has 0 atom stereocenters. The Bertz CT molecular complexity index is 2440. The Morgan fingerprint density at radius 2 is 0.975 bits per heavy atom. The van der Waals surface area contributed by atoms with Crippen molar-refractivity contribution in [3.8, 4) is 16.8 Å². The SMILES string of the molecule is c1ccc2c(c1)cc(-n1c3ccccc3c3cc(-c4ccc5oc6ccccc6c5c4)ccc31)c1ccccc12. The number of hydrogen-bond donors (Lipinski definition) is 0. The maximum Gasteiger partial charge on any atom is 0.135 e. The molecule has 7 aromatic carbocycles. The minimum Gasteiger partial charge on any atom is -0.456 e. The van der Waals surface area contributed by atoms with Crippen molar-refractivity contribution in [1.82, 2.24) is 4.57 Å². The summed E-state index contributed by atoms with van der Waals surface area (Å²) in [6, 6.07) is 50.2. The van der Waals surface area contributed by atoms with E-state index in [9.17, 15) is 0 Å². The van der Waals surface area contributed by atoms with Crippen molar-refractivity contribution in [2.45, 2.75) is 0 Å². The first-order valence-corrected chi connectivity index (χ1v) is 13.7. The van der Waals surface area contributed by atoms with Crippen LogP contribution in [0.5, 0.6) is 0 Å². The molecule has 9 aromatic rings. The van der Waals surface area contributed by atoms with Gasteiger partial charge in [-0.25, -0.2) is 0 Å². The van der Waals surface area contributed by atoms with E-state index in [2.05, 4.69) is 132 Å². The summed E-state index contributed by atoms with van der Waals surface area (Å²) in [6.07, 6.45) is 0. The number of para-hydroxylation sites is 2. The second kappa shape index (κ2) is 8.08. The van der Waals surface area contributed by atoms with Gasteiger partial charge in [0.1, 0.15) is 11.2 Å². The fourth-order valence-corrected chi connectivity index (χ4v) is 6.54. The molecule has 0 saturated carbocycles. The van der Waals surface area contributed by atoms with E-state index in [0.29, 0.717) is 0 Å². The highest BCUT2D eigenvalue weighted by atomic mass is 16.3. The quantitative estimate of drug-likeness (QED) is 0.212. The fraction of sp³-hybridized carbons (Fsp3) is 0. The molecule has 0 bridgehead atoms. The topological polar surface area (TPSA) is 18.1 Å². The van der Waals surface area contributed by atoms with Gasteiger partial charge in [0, 0.05) is 26.9 Å². The molecule has 2 heterocycles. The van der Waals surface area contributed by atoms with Gasteiger partial charge in [-0.05, 0) is 69.8 Å². The van der Waals surface area contributed by atoms with Gasteiger partial charge in [-0.15, -0.1) is 0 Å². The van der Waals surface area contributed by atoms with Crippen LogP contribution in [0.25, 0.3) is 82.1 Å². The zero-order chi connectivity index (χ0) is 26.2. The standard InChI is InChI=1S/C38H23NO/c1-2-10-27-26(9-1)23-36(29-12-4-3-11-28(27)29)39-34-15-7-5-13-30(34)32-21-24(17-19-35(32)39)25-18-20-38-33(22-25)31-14-6-8-16-37(31)40-38/h1-23H. The molecule has 0 amide bonds. The third-order valence-corrected chi connectivity index (χ3v) is 8.37. The van der Waals surface area contributed by atoms with Crippen LogP contribution >= 0.6 is 0 Å². The van der Waals surface area contributed by atoms with Crippen LogP contribution in [0.4, 0.5) is 0 Å². The predicted molar refractivity (Wildman–Crippen MR) is 169 cm³/mol. The number of aromatic nitrogens is 1. The van der Waals surface area contributed by atoms with Crippen LogP contribution in [-0.2, 0) is 0 Å².